The van der Waals surface area contributed by atoms with Crippen molar-refractivity contribution < 1.29 is 9.53 Å². The minimum absolute atomic E-state index is 0.00612. The number of fused-ring (bicyclic) bond motifs is 1. The number of carbonyl (C=O) groups excluding carboxylic acids is 1. The Balaban J connectivity index is 1.35. The Labute approximate surface area is 187 Å². The molecule has 0 amide bonds. The molecule has 2 aromatic carbocycles. The summed E-state index contributed by atoms with van der Waals surface area (Å²) in [5.41, 5.74) is 3.43. The smallest absolute Gasteiger partial charge is 0.211 e. The predicted molar refractivity (Wildman–Crippen MR) is 130 cm³/mol. The molecule has 0 saturated carbocycles. The van der Waals surface area contributed by atoms with Crippen LogP contribution in [0, 0.1) is 0 Å². The van der Waals surface area contributed by atoms with E-state index < -0.39 is 0 Å². The van der Waals surface area contributed by atoms with Gasteiger partial charge in [0.2, 0.25) is 5.78 Å². The van der Waals surface area contributed by atoms with Gasteiger partial charge in [0.15, 0.2) is 0 Å². The lowest BCUT2D eigenvalue weighted by molar-refractivity contribution is 0.106. The van der Waals surface area contributed by atoms with Crippen LogP contribution < -0.4 is 4.74 Å². The van der Waals surface area contributed by atoms with Gasteiger partial charge in [0, 0.05) is 17.7 Å². The van der Waals surface area contributed by atoms with Crippen molar-refractivity contribution in [3.8, 4) is 5.75 Å². The first kappa shape index (κ1) is 23.2. The number of hydrogen-bond acceptors (Lipinski definition) is 3. The maximum absolute atomic E-state index is 13.0. The summed E-state index contributed by atoms with van der Waals surface area (Å²) in [4.78, 5) is 17.5. The summed E-state index contributed by atoms with van der Waals surface area (Å²) in [6.45, 7) is 3.68. The summed E-state index contributed by atoms with van der Waals surface area (Å²) in [5.74, 6) is 0.826. The Morgan fingerprint density at radius 2 is 1.48 bits per heavy atom. The van der Waals surface area contributed by atoms with Gasteiger partial charge in [-0.05, 0) is 42.7 Å². The number of carbonyl (C=O) groups is 1. The maximum atomic E-state index is 13.0. The predicted octanol–water partition coefficient (Wildman–Crippen LogP) is 7.21. The van der Waals surface area contributed by atoms with Crippen molar-refractivity contribution in [2.45, 2.75) is 77.6 Å². The molecule has 0 spiro atoms. The van der Waals surface area contributed by atoms with E-state index in [2.05, 4.69) is 18.0 Å². The van der Waals surface area contributed by atoms with Gasteiger partial charge in [-0.15, -0.1) is 0 Å². The van der Waals surface area contributed by atoms with Crippen LogP contribution in [0.25, 0.3) is 0 Å². The normalized spacial score (nSPS) is 12.9. The van der Waals surface area contributed by atoms with Gasteiger partial charge < -0.3 is 4.74 Å². The second kappa shape index (κ2) is 13.1. The van der Waals surface area contributed by atoms with Crippen molar-refractivity contribution in [2.75, 3.05) is 13.2 Å². The quantitative estimate of drug-likeness (QED) is 0.240. The van der Waals surface area contributed by atoms with Gasteiger partial charge in [-0.25, -0.2) is 0 Å². The molecule has 31 heavy (non-hydrogen) atoms. The number of Topliss-reactive ketones (excluding diaryl/α,β-unsaturated/α-hetero) is 1. The van der Waals surface area contributed by atoms with E-state index in [4.69, 9.17) is 4.74 Å². The molecule has 0 N–H and O–H groups in total. The van der Waals surface area contributed by atoms with Crippen LogP contribution in [-0.2, 0) is 6.42 Å². The van der Waals surface area contributed by atoms with Gasteiger partial charge in [-0.1, -0.05) is 89.0 Å². The van der Waals surface area contributed by atoms with E-state index in [0.717, 1.165) is 30.8 Å². The van der Waals surface area contributed by atoms with Crippen molar-refractivity contribution in [3.05, 3.63) is 65.2 Å². The van der Waals surface area contributed by atoms with Crippen LogP contribution in [-0.4, -0.2) is 24.6 Å². The van der Waals surface area contributed by atoms with Gasteiger partial charge in [0.05, 0.1) is 6.61 Å². The zero-order chi connectivity index (χ0) is 21.7. The first-order chi connectivity index (χ1) is 15.3. The molecular weight excluding hydrogens is 382 g/mol. The highest BCUT2D eigenvalue weighted by Gasteiger charge is 2.21. The van der Waals surface area contributed by atoms with Crippen molar-refractivity contribution in [3.63, 3.8) is 0 Å². The Morgan fingerprint density at radius 1 is 0.839 bits per heavy atom. The van der Waals surface area contributed by atoms with Gasteiger partial charge in [0.1, 0.15) is 11.5 Å². The maximum Gasteiger partial charge on any atom is 0.211 e. The molecule has 0 bridgehead atoms. The molecule has 0 aliphatic carbocycles. The summed E-state index contributed by atoms with van der Waals surface area (Å²) in [5, 5.41) is 0. The van der Waals surface area contributed by atoms with Crippen LogP contribution >= 0.6 is 0 Å². The Bertz CT molecular complexity index is 838. The molecule has 3 nitrogen and oxygen atoms in total. The van der Waals surface area contributed by atoms with Gasteiger partial charge in [-0.2, -0.15) is 0 Å². The third kappa shape index (κ3) is 7.34. The molecular formula is C28H37NO2. The molecule has 3 rings (SSSR count). The monoisotopic (exact) mass is 419 g/mol. The molecule has 0 fully saturated rings. The van der Waals surface area contributed by atoms with E-state index >= 15 is 0 Å². The van der Waals surface area contributed by atoms with E-state index in [-0.39, 0.29) is 5.78 Å². The van der Waals surface area contributed by atoms with Crippen molar-refractivity contribution >= 4 is 11.5 Å². The fraction of sp³-hybridized carbons (Fsp3) is 0.500. The zero-order valence-electron chi connectivity index (χ0n) is 19.1. The fourth-order valence-corrected chi connectivity index (χ4v) is 4.16. The van der Waals surface area contributed by atoms with Crippen LogP contribution in [0.3, 0.4) is 0 Å². The topological polar surface area (TPSA) is 38.7 Å². The standard InChI is InChI=1S/C28H37NO2/c1-2-3-4-5-6-7-8-9-10-13-22-31-25-18-16-24(17-19-25)28(30)27-26-15-12-11-14-23(26)20-21-29-27/h11-12,14-19H,2-10,13,20-22H2,1H3. The summed E-state index contributed by atoms with van der Waals surface area (Å²) in [6.07, 6.45) is 14.1. The summed E-state index contributed by atoms with van der Waals surface area (Å²) < 4.78 is 5.87. The summed E-state index contributed by atoms with van der Waals surface area (Å²) >= 11 is 0. The second-order valence-corrected chi connectivity index (χ2v) is 8.52. The minimum Gasteiger partial charge on any atom is -0.494 e. The average molecular weight is 420 g/mol. The Hall–Kier alpha value is -2.42. The van der Waals surface area contributed by atoms with E-state index in [1.54, 1.807) is 0 Å². The summed E-state index contributed by atoms with van der Waals surface area (Å²) in [7, 11) is 0. The number of ketones is 1. The lowest BCUT2D eigenvalue weighted by atomic mass is 9.93. The van der Waals surface area contributed by atoms with Crippen molar-refractivity contribution in [2.24, 2.45) is 4.99 Å². The number of hydrogen-bond donors (Lipinski definition) is 0. The first-order valence-electron chi connectivity index (χ1n) is 12.2. The number of unbranched alkanes of at least 4 members (excludes halogenated alkanes) is 9. The molecule has 1 heterocycles. The van der Waals surface area contributed by atoms with E-state index in [1.807, 2.05) is 42.5 Å². The third-order valence-corrected chi connectivity index (χ3v) is 6.02. The number of ether oxygens (including phenoxy) is 1. The van der Waals surface area contributed by atoms with Gasteiger partial charge in [-0.3, -0.25) is 9.79 Å². The van der Waals surface area contributed by atoms with E-state index in [9.17, 15) is 4.79 Å². The number of aliphatic imine (C=N–C) groups is 1. The van der Waals surface area contributed by atoms with Crippen LogP contribution in [0.4, 0.5) is 0 Å². The van der Waals surface area contributed by atoms with E-state index in [0.29, 0.717) is 17.8 Å². The average Bonchev–Trinajstić information content (AvgIpc) is 2.82. The lowest BCUT2D eigenvalue weighted by Gasteiger charge is -2.16. The molecule has 3 heteroatoms. The largest absolute Gasteiger partial charge is 0.494 e. The minimum atomic E-state index is -0.00612. The molecule has 1 aliphatic rings. The molecule has 0 saturated heterocycles. The SMILES string of the molecule is CCCCCCCCCCCCOc1ccc(C(=O)C2=NCCc3ccccc32)cc1. The highest BCUT2D eigenvalue weighted by Crippen LogP contribution is 2.20. The molecule has 1 aliphatic heterocycles. The Morgan fingerprint density at radius 3 is 2.19 bits per heavy atom. The van der Waals surface area contributed by atoms with Crippen molar-refractivity contribution in [1.82, 2.24) is 0 Å². The highest BCUT2D eigenvalue weighted by molar-refractivity contribution is 6.51. The second-order valence-electron chi connectivity index (χ2n) is 8.52. The van der Waals surface area contributed by atoms with Gasteiger partial charge >= 0.3 is 0 Å². The van der Waals surface area contributed by atoms with E-state index in [1.165, 1.54) is 63.4 Å². The fourth-order valence-electron chi connectivity index (χ4n) is 4.16. The molecule has 0 atom stereocenters. The third-order valence-electron chi connectivity index (χ3n) is 6.02. The number of rotatable bonds is 14. The highest BCUT2D eigenvalue weighted by atomic mass is 16.5. The van der Waals surface area contributed by atoms with Crippen LogP contribution in [0.15, 0.2) is 53.5 Å². The van der Waals surface area contributed by atoms with Crippen LogP contribution in [0.2, 0.25) is 0 Å². The molecule has 0 radical (unpaired) electrons. The lowest BCUT2D eigenvalue weighted by Crippen LogP contribution is -2.22. The van der Waals surface area contributed by atoms with Gasteiger partial charge in [0.25, 0.3) is 0 Å². The van der Waals surface area contributed by atoms with Crippen molar-refractivity contribution in [1.29, 1.82) is 0 Å². The number of nitrogens with zero attached hydrogens (tertiary/aromatic N) is 1. The van der Waals surface area contributed by atoms with Crippen LogP contribution in [0.5, 0.6) is 5.75 Å². The first-order valence-corrected chi connectivity index (χ1v) is 12.2. The Kier molecular flexibility index (Phi) is 9.82. The number of benzene rings is 2. The summed E-state index contributed by atoms with van der Waals surface area (Å²) in [6, 6.07) is 15.6. The van der Waals surface area contributed by atoms with Crippen LogP contribution in [0.1, 0.15) is 92.6 Å². The molecule has 166 valence electrons. The zero-order valence-corrected chi connectivity index (χ0v) is 19.1. The molecule has 2 aromatic rings. The molecule has 0 aromatic heterocycles. The molecule has 0 unspecified atom stereocenters.